The zero-order valence-corrected chi connectivity index (χ0v) is 14.3. The van der Waals surface area contributed by atoms with Crippen LogP contribution in [0.15, 0.2) is 0 Å². The molecule has 0 saturated heterocycles. The van der Waals surface area contributed by atoms with E-state index in [0.29, 0.717) is 11.5 Å². The lowest BCUT2D eigenvalue weighted by atomic mass is 10.2. The van der Waals surface area contributed by atoms with E-state index in [9.17, 15) is 9.59 Å². The highest BCUT2D eigenvalue weighted by molar-refractivity contribution is 7.99. The molecule has 0 aliphatic rings. The summed E-state index contributed by atoms with van der Waals surface area (Å²) in [5.41, 5.74) is -0.647. The van der Waals surface area contributed by atoms with Crippen molar-refractivity contribution in [2.75, 3.05) is 11.5 Å². The van der Waals surface area contributed by atoms with Crippen LogP contribution in [0.2, 0.25) is 0 Å². The number of carbonyl (C=O) groups is 2. The molecule has 0 rings (SSSR count). The van der Waals surface area contributed by atoms with E-state index in [-0.39, 0.29) is 0 Å². The molecule has 0 saturated carbocycles. The van der Waals surface area contributed by atoms with Gasteiger partial charge in [0, 0.05) is 11.1 Å². The second kappa shape index (κ2) is 9.64. The molecular weight excluding hydrogens is 310 g/mol. The van der Waals surface area contributed by atoms with Crippen molar-refractivity contribution in [2.45, 2.75) is 45.4 Å². The minimum atomic E-state index is -0.837. The van der Waals surface area contributed by atoms with E-state index in [2.05, 4.69) is 11.2 Å². The number of carbonyl (C=O) groups excluding carboxylic acids is 2. The second-order valence-electron chi connectivity index (χ2n) is 5.20. The lowest BCUT2D eigenvalue weighted by Crippen LogP contribution is -2.46. The van der Waals surface area contributed by atoms with Crippen LogP contribution in [0.3, 0.4) is 0 Å². The zero-order valence-electron chi connectivity index (χ0n) is 12.7. The fourth-order valence-corrected chi connectivity index (χ4v) is 1.89. The van der Waals surface area contributed by atoms with Gasteiger partial charge in [-0.15, -0.1) is 18.2 Å². The van der Waals surface area contributed by atoms with E-state index in [1.807, 2.05) is 0 Å². The highest BCUT2D eigenvalue weighted by Gasteiger charge is 2.26. The number of alkyl carbamates (subject to hydrolysis) is 1. The first-order valence-corrected chi connectivity index (χ1v) is 7.98. The Morgan fingerprint density at radius 3 is 2.57 bits per heavy atom. The molecule has 21 heavy (non-hydrogen) atoms. The van der Waals surface area contributed by atoms with Crippen LogP contribution in [0, 0.1) is 12.3 Å². The molecule has 0 bridgehead atoms. The molecule has 2 unspecified atom stereocenters. The first kappa shape index (κ1) is 19.7. The minimum Gasteiger partial charge on any atom is -0.456 e. The van der Waals surface area contributed by atoms with Crippen LogP contribution in [0.4, 0.5) is 4.79 Å². The van der Waals surface area contributed by atoms with Gasteiger partial charge in [-0.05, 0) is 27.7 Å². The summed E-state index contributed by atoms with van der Waals surface area (Å²) >= 11 is 6.04. The molecule has 1 amide bonds. The van der Waals surface area contributed by atoms with E-state index in [1.54, 1.807) is 27.7 Å². The monoisotopic (exact) mass is 331 g/mol. The van der Waals surface area contributed by atoms with Crippen LogP contribution < -0.4 is 5.32 Å². The van der Waals surface area contributed by atoms with E-state index < -0.39 is 29.8 Å². The molecule has 0 aliphatic heterocycles. The highest BCUT2D eigenvalue weighted by atomic mass is 32.2. The third-order valence-corrected chi connectivity index (χ3v) is 3.26. The largest absolute Gasteiger partial charge is 0.456 e. The number of thioether (sulfide) groups is 1. The van der Waals surface area contributed by atoms with Crippen molar-refractivity contribution in [1.29, 1.82) is 0 Å². The van der Waals surface area contributed by atoms with Gasteiger partial charge in [0.25, 0.3) is 0 Å². The summed E-state index contributed by atoms with van der Waals surface area (Å²) in [5, 5.41) is 3.82. The summed E-state index contributed by atoms with van der Waals surface area (Å²) in [6.45, 7) is 6.85. The van der Waals surface area contributed by atoms with Crippen molar-refractivity contribution in [3.63, 3.8) is 0 Å². The topological polar surface area (TPSA) is 64.6 Å². The number of ether oxygens (including phenoxy) is 2. The molecule has 0 fully saturated rings. The van der Waals surface area contributed by atoms with Gasteiger partial charge in [-0.1, -0.05) is 18.1 Å². The van der Waals surface area contributed by atoms with Gasteiger partial charge >= 0.3 is 12.1 Å². The molecule has 0 heterocycles. The van der Waals surface area contributed by atoms with Gasteiger partial charge in [-0.3, -0.25) is 0 Å². The van der Waals surface area contributed by atoms with Gasteiger partial charge < -0.3 is 14.8 Å². The zero-order chi connectivity index (χ0) is 16.5. The average Bonchev–Trinajstić information content (AvgIpc) is 2.35. The number of thiocarbonyl (C=S) groups is 1. The highest BCUT2D eigenvalue weighted by Crippen LogP contribution is 2.09. The summed E-state index contributed by atoms with van der Waals surface area (Å²) in [5.74, 6) is 2.61. The van der Waals surface area contributed by atoms with Crippen molar-refractivity contribution in [3.8, 4) is 12.3 Å². The Balaban J connectivity index is 4.65. The summed E-state index contributed by atoms with van der Waals surface area (Å²) in [7, 11) is 0. The SMILES string of the molecule is C#CCSCC(NC(=O)OC(C)(C)C)C(=O)OC(C)C=S. The Labute approximate surface area is 135 Å². The van der Waals surface area contributed by atoms with E-state index in [1.165, 1.54) is 17.1 Å². The number of rotatable bonds is 7. The first-order chi connectivity index (χ1) is 9.69. The quantitative estimate of drug-likeness (QED) is 0.334. The molecular formula is C14H21NO4S2. The Bertz CT molecular complexity index is 412. The van der Waals surface area contributed by atoms with Crippen molar-refractivity contribution in [2.24, 2.45) is 0 Å². The third-order valence-electron chi connectivity index (χ3n) is 1.94. The Morgan fingerprint density at radius 1 is 1.48 bits per heavy atom. The molecule has 0 aromatic heterocycles. The molecule has 2 atom stereocenters. The molecule has 118 valence electrons. The Hall–Kier alpha value is -1.26. The van der Waals surface area contributed by atoms with E-state index in [4.69, 9.17) is 28.1 Å². The van der Waals surface area contributed by atoms with E-state index in [0.717, 1.165) is 0 Å². The summed E-state index contributed by atoms with van der Waals surface area (Å²) in [6, 6.07) is -0.837. The third kappa shape index (κ3) is 10.2. The second-order valence-corrected chi connectivity index (χ2v) is 6.50. The smallest absolute Gasteiger partial charge is 0.408 e. The van der Waals surface area contributed by atoms with Crippen LogP contribution in [0.25, 0.3) is 0 Å². The van der Waals surface area contributed by atoms with Gasteiger partial charge in [0.15, 0.2) is 0 Å². The number of amides is 1. The predicted octanol–water partition coefficient (Wildman–Crippen LogP) is 2.18. The van der Waals surface area contributed by atoms with Crippen LogP contribution in [0.1, 0.15) is 27.7 Å². The summed E-state index contributed by atoms with van der Waals surface area (Å²) in [4.78, 5) is 23.7. The molecule has 0 aliphatic carbocycles. The molecule has 7 heteroatoms. The van der Waals surface area contributed by atoms with Crippen molar-refractivity contribution < 1.29 is 19.1 Å². The maximum absolute atomic E-state index is 12.0. The lowest BCUT2D eigenvalue weighted by Gasteiger charge is -2.23. The first-order valence-electron chi connectivity index (χ1n) is 6.36. The van der Waals surface area contributed by atoms with Crippen LogP contribution in [0.5, 0.6) is 0 Å². The van der Waals surface area contributed by atoms with Crippen molar-refractivity contribution in [1.82, 2.24) is 5.32 Å². The van der Waals surface area contributed by atoms with Gasteiger partial charge in [0.1, 0.15) is 17.7 Å². The lowest BCUT2D eigenvalue weighted by molar-refractivity contribution is -0.147. The number of nitrogens with one attached hydrogen (secondary N) is 1. The molecule has 0 spiro atoms. The minimum absolute atomic E-state index is 0.298. The molecule has 0 aromatic carbocycles. The van der Waals surface area contributed by atoms with Crippen LogP contribution >= 0.6 is 24.0 Å². The number of hydrogen-bond donors (Lipinski definition) is 1. The Morgan fingerprint density at radius 2 is 2.10 bits per heavy atom. The van der Waals surface area contributed by atoms with Gasteiger partial charge in [0.05, 0.1) is 5.75 Å². The van der Waals surface area contributed by atoms with Gasteiger partial charge in [-0.2, -0.15) is 0 Å². The number of terminal acetylenes is 1. The van der Waals surface area contributed by atoms with Crippen molar-refractivity contribution >= 4 is 41.4 Å². The standard InChI is InChI=1S/C14H21NO4S2/c1-6-7-21-9-11(12(16)18-10(2)8-20)15-13(17)19-14(3,4)5/h1,8,10-11H,7,9H2,2-5H3,(H,15,17). The molecule has 0 aromatic rings. The fourth-order valence-electron chi connectivity index (χ4n) is 1.15. The van der Waals surface area contributed by atoms with Crippen LogP contribution in [-0.4, -0.2) is 46.7 Å². The van der Waals surface area contributed by atoms with Gasteiger partial charge in [-0.25, -0.2) is 9.59 Å². The fraction of sp³-hybridized carbons (Fsp3) is 0.643. The predicted molar refractivity (Wildman–Crippen MR) is 88.5 cm³/mol. The Kier molecular flexibility index (Phi) is 9.06. The normalized spacial score (nSPS) is 13.5. The molecule has 0 radical (unpaired) electrons. The maximum atomic E-state index is 12.0. The average molecular weight is 331 g/mol. The summed E-state index contributed by atoms with van der Waals surface area (Å²) in [6.07, 6.45) is 3.97. The van der Waals surface area contributed by atoms with Crippen molar-refractivity contribution in [3.05, 3.63) is 0 Å². The summed E-state index contributed by atoms with van der Waals surface area (Å²) < 4.78 is 10.2. The van der Waals surface area contributed by atoms with Crippen LogP contribution in [-0.2, 0) is 14.3 Å². The number of esters is 1. The molecule has 1 N–H and O–H groups in total. The van der Waals surface area contributed by atoms with Gasteiger partial charge in [0.2, 0.25) is 0 Å². The molecule has 5 nitrogen and oxygen atoms in total. The maximum Gasteiger partial charge on any atom is 0.408 e. The number of hydrogen-bond acceptors (Lipinski definition) is 6. The van der Waals surface area contributed by atoms with E-state index >= 15 is 0 Å².